The summed E-state index contributed by atoms with van der Waals surface area (Å²) in [5.74, 6) is 1.95. The molecule has 1 saturated heterocycles. The van der Waals surface area contributed by atoms with E-state index >= 15 is 0 Å². The number of piperidine rings is 1. The Bertz CT molecular complexity index is 987. The van der Waals surface area contributed by atoms with Crippen molar-refractivity contribution in [2.75, 3.05) is 30.3 Å². The van der Waals surface area contributed by atoms with E-state index in [1.54, 1.807) is 6.92 Å². The normalized spacial score (nSPS) is 17.8. The van der Waals surface area contributed by atoms with E-state index in [1.807, 2.05) is 31.2 Å². The van der Waals surface area contributed by atoms with Crippen LogP contribution in [-0.2, 0) is 23.0 Å². The molecule has 2 aliphatic heterocycles. The Balaban J connectivity index is 1.73. The molecule has 1 aromatic carbocycles. The van der Waals surface area contributed by atoms with Crippen molar-refractivity contribution in [3.63, 3.8) is 0 Å². The van der Waals surface area contributed by atoms with E-state index in [0.717, 1.165) is 42.8 Å². The lowest BCUT2D eigenvalue weighted by Gasteiger charge is -2.31. The van der Waals surface area contributed by atoms with Crippen molar-refractivity contribution in [1.82, 2.24) is 14.3 Å². The van der Waals surface area contributed by atoms with Gasteiger partial charge in [-0.25, -0.2) is 13.4 Å². The number of anilines is 1. The Kier molecular flexibility index (Phi) is 5.74. The van der Waals surface area contributed by atoms with Crippen LogP contribution in [0.15, 0.2) is 24.3 Å². The van der Waals surface area contributed by atoms with Crippen molar-refractivity contribution < 1.29 is 13.2 Å². The lowest BCUT2D eigenvalue weighted by molar-refractivity contribution is 0.369. The third-order valence-corrected chi connectivity index (χ3v) is 7.40. The predicted octanol–water partition coefficient (Wildman–Crippen LogP) is 3.28. The highest BCUT2D eigenvalue weighted by Gasteiger charge is 2.30. The summed E-state index contributed by atoms with van der Waals surface area (Å²) in [5, 5.41) is 0. The number of hydrogen-bond donors (Lipinski definition) is 0. The molecule has 0 saturated carbocycles. The van der Waals surface area contributed by atoms with Gasteiger partial charge in [0.25, 0.3) is 0 Å². The van der Waals surface area contributed by atoms with Crippen LogP contribution in [0.25, 0.3) is 0 Å². The van der Waals surface area contributed by atoms with Crippen LogP contribution in [0.1, 0.15) is 43.0 Å². The minimum atomic E-state index is -3.28. The number of nitrogens with zero attached hydrogens (tertiary/aromatic N) is 4. The second kappa shape index (κ2) is 8.28. The van der Waals surface area contributed by atoms with E-state index in [2.05, 4.69) is 4.90 Å². The molecule has 4 rings (SSSR count). The van der Waals surface area contributed by atoms with Crippen molar-refractivity contribution in [3.05, 3.63) is 41.1 Å². The van der Waals surface area contributed by atoms with Gasteiger partial charge in [0.2, 0.25) is 21.9 Å². The molecule has 3 heterocycles. The van der Waals surface area contributed by atoms with Gasteiger partial charge in [-0.2, -0.15) is 9.29 Å². The van der Waals surface area contributed by atoms with E-state index in [0.29, 0.717) is 30.5 Å². The highest BCUT2D eigenvalue weighted by atomic mass is 32.2. The van der Waals surface area contributed by atoms with Gasteiger partial charge in [-0.05, 0) is 50.8 Å². The number of aromatic nitrogens is 2. The molecule has 29 heavy (non-hydrogen) atoms. The lowest BCUT2D eigenvalue weighted by Crippen LogP contribution is -2.38. The Morgan fingerprint density at radius 1 is 1.10 bits per heavy atom. The highest BCUT2D eigenvalue weighted by Crippen LogP contribution is 2.33. The molecule has 2 aromatic rings. The summed E-state index contributed by atoms with van der Waals surface area (Å²) >= 11 is 0. The summed E-state index contributed by atoms with van der Waals surface area (Å²) in [6.45, 7) is 6.27. The molecule has 0 radical (unpaired) electrons. The van der Waals surface area contributed by atoms with Gasteiger partial charge in [-0.15, -0.1) is 0 Å². The van der Waals surface area contributed by atoms with Gasteiger partial charge < -0.3 is 9.64 Å². The fraction of sp³-hybridized carbons (Fsp3) is 0.524. The van der Waals surface area contributed by atoms with Crippen LogP contribution in [-0.4, -0.2) is 48.1 Å². The molecule has 0 aliphatic carbocycles. The standard InChI is InChI=1S/C21H28N4O3S/c1-3-29(26,27)25-13-10-19-18(15-25)20(28-17-9-7-8-16(2)14-17)23-21(22-19)24-11-5-4-6-12-24/h7-9,14H,3-6,10-13,15H2,1-2H3. The molecule has 0 spiro atoms. The van der Waals surface area contributed by atoms with E-state index < -0.39 is 10.0 Å². The minimum absolute atomic E-state index is 0.0864. The SMILES string of the molecule is CCS(=O)(=O)N1CCc2nc(N3CCCCC3)nc(Oc3cccc(C)c3)c2C1. The second-order valence-electron chi connectivity index (χ2n) is 7.70. The first-order valence-corrected chi connectivity index (χ1v) is 11.9. The van der Waals surface area contributed by atoms with Crippen LogP contribution in [0.4, 0.5) is 5.95 Å². The first-order chi connectivity index (χ1) is 14.0. The van der Waals surface area contributed by atoms with Crippen molar-refractivity contribution in [3.8, 4) is 11.6 Å². The smallest absolute Gasteiger partial charge is 0.228 e. The highest BCUT2D eigenvalue weighted by molar-refractivity contribution is 7.89. The van der Waals surface area contributed by atoms with Crippen LogP contribution in [0.5, 0.6) is 11.6 Å². The van der Waals surface area contributed by atoms with Crippen molar-refractivity contribution >= 4 is 16.0 Å². The largest absolute Gasteiger partial charge is 0.438 e. The zero-order chi connectivity index (χ0) is 20.4. The van der Waals surface area contributed by atoms with Crippen molar-refractivity contribution in [2.45, 2.75) is 46.1 Å². The maximum absolute atomic E-state index is 12.4. The number of ether oxygens (including phenoxy) is 1. The van der Waals surface area contributed by atoms with E-state index in [-0.39, 0.29) is 12.3 Å². The molecule has 2 aliphatic rings. The summed E-state index contributed by atoms with van der Waals surface area (Å²) in [5.41, 5.74) is 2.76. The zero-order valence-corrected chi connectivity index (χ0v) is 17.9. The molecule has 0 amide bonds. The van der Waals surface area contributed by atoms with Crippen molar-refractivity contribution in [1.29, 1.82) is 0 Å². The van der Waals surface area contributed by atoms with Crippen LogP contribution < -0.4 is 9.64 Å². The van der Waals surface area contributed by atoms with Crippen LogP contribution >= 0.6 is 0 Å². The number of sulfonamides is 1. The maximum Gasteiger partial charge on any atom is 0.228 e. The third kappa shape index (κ3) is 4.38. The van der Waals surface area contributed by atoms with Crippen LogP contribution in [0.2, 0.25) is 0 Å². The minimum Gasteiger partial charge on any atom is -0.438 e. The number of benzene rings is 1. The Morgan fingerprint density at radius 2 is 1.90 bits per heavy atom. The van der Waals surface area contributed by atoms with Gasteiger partial charge in [-0.3, -0.25) is 0 Å². The summed E-state index contributed by atoms with van der Waals surface area (Å²) < 4.78 is 32.6. The Labute approximate surface area is 172 Å². The molecule has 7 nitrogen and oxygen atoms in total. The quantitative estimate of drug-likeness (QED) is 0.745. The third-order valence-electron chi connectivity index (χ3n) is 5.58. The molecule has 8 heteroatoms. The molecular formula is C21H28N4O3S. The Morgan fingerprint density at radius 3 is 2.62 bits per heavy atom. The molecular weight excluding hydrogens is 388 g/mol. The summed E-state index contributed by atoms with van der Waals surface area (Å²) in [7, 11) is -3.28. The summed E-state index contributed by atoms with van der Waals surface area (Å²) in [6, 6.07) is 7.80. The van der Waals surface area contributed by atoms with Gasteiger partial charge in [-0.1, -0.05) is 12.1 Å². The molecule has 0 unspecified atom stereocenters. The monoisotopic (exact) mass is 416 g/mol. The van der Waals surface area contributed by atoms with E-state index in [9.17, 15) is 8.42 Å². The fourth-order valence-electron chi connectivity index (χ4n) is 3.88. The molecule has 0 N–H and O–H groups in total. The molecule has 1 aromatic heterocycles. The Hall–Kier alpha value is -2.19. The number of fused-ring (bicyclic) bond motifs is 1. The average Bonchev–Trinajstić information content (AvgIpc) is 2.74. The van der Waals surface area contributed by atoms with E-state index in [4.69, 9.17) is 14.7 Å². The second-order valence-corrected chi connectivity index (χ2v) is 9.96. The number of aryl methyl sites for hydroxylation is 1. The molecule has 156 valence electrons. The molecule has 0 atom stereocenters. The van der Waals surface area contributed by atoms with Crippen LogP contribution in [0, 0.1) is 6.92 Å². The topological polar surface area (TPSA) is 75.6 Å². The van der Waals surface area contributed by atoms with Gasteiger partial charge >= 0.3 is 0 Å². The van der Waals surface area contributed by atoms with Crippen molar-refractivity contribution in [2.24, 2.45) is 0 Å². The van der Waals surface area contributed by atoms with Gasteiger partial charge in [0.05, 0.1) is 17.0 Å². The van der Waals surface area contributed by atoms with E-state index in [1.165, 1.54) is 10.7 Å². The van der Waals surface area contributed by atoms with Crippen LogP contribution in [0.3, 0.4) is 0 Å². The van der Waals surface area contributed by atoms with Gasteiger partial charge in [0.1, 0.15) is 5.75 Å². The van der Waals surface area contributed by atoms with Gasteiger partial charge in [0, 0.05) is 32.6 Å². The fourth-order valence-corrected chi connectivity index (χ4v) is 4.94. The molecule has 0 bridgehead atoms. The maximum atomic E-state index is 12.4. The number of hydrogen-bond acceptors (Lipinski definition) is 6. The first-order valence-electron chi connectivity index (χ1n) is 10.3. The summed E-state index contributed by atoms with van der Waals surface area (Å²) in [6.07, 6.45) is 4.08. The summed E-state index contributed by atoms with van der Waals surface area (Å²) in [4.78, 5) is 11.8. The zero-order valence-electron chi connectivity index (χ0n) is 17.1. The predicted molar refractivity (Wildman–Crippen MR) is 113 cm³/mol. The van der Waals surface area contributed by atoms with Gasteiger partial charge in [0.15, 0.2) is 0 Å². The average molecular weight is 417 g/mol. The number of rotatable bonds is 5. The molecule has 1 fully saturated rings. The first kappa shape index (κ1) is 20.1. The lowest BCUT2D eigenvalue weighted by atomic mass is 10.1.